The zero-order chi connectivity index (χ0) is 15.0. The lowest BCUT2D eigenvalue weighted by Crippen LogP contribution is -2.55. The molecule has 0 radical (unpaired) electrons. The molecule has 0 aliphatic rings. The van der Waals surface area contributed by atoms with Gasteiger partial charge in [-0.25, -0.2) is 8.42 Å². The fourth-order valence-electron chi connectivity index (χ4n) is 2.11. The summed E-state index contributed by atoms with van der Waals surface area (Å²) in [5.41, 5.74) is -0.830. The van der Waals surface area contributed by atoms with Gasteiger partial charge < -0.3 is 5.11 Å². The van der Waals surface area contributed by atoms with Crippen molar-refractivity contribution in [3.8, 4) is 0 Å². The van der Waals surface area contributed by atoms with Gasteiger partial charge in [0.2, 0.25) is 10.0 Å². The molecule has 0 amide bonds. The molecular weight excluding hydrogens is 250 g/mol. The first-order valence-corrected chi connectivity index (χ1v) is 7.71. The molecule has 0 aromatic heterocycles. The second-order valence-corrected chi connectivity index (χ2v) is 10.2. The third kappa shape index (κ3) is 3.93. The number of aliphatic hydroxyl groups excluding tert-OH is 1. The van der Waals surface area contributed by atoms with E-state index in [0.29, 0.717) is 6.42 Å². The lowest BCUT2D eigenvalue weighted by atomic mass is 9.81. The smallest absolute Gasteiger partial charge is 0.219 e. The lowest BCUT2D eigenvalue weighted by Gasteiger charge is -2.43. The predicted molar refractivity (Wildman–Crippen MR) is 76.0 cm³/mol. The molecule has 0 aliphatic carbocycles. The number of hydrogen-bond donors (Lipinski definition) is 1. The van der Waals surface area contributed by atoms with Crippen molar-refractivity contribution in [1.29, 1.82) is 0 Å². The number of nitrogens with zero attached hydrogens (tertiary/aromatic N) is 1. The van der Waals surface area contributed by atoms with Gasteiger partial charge in [0.25, 0.3) is 0 Å². The van der Waals surface area contributed by atoms with Crippen molar-refractivity contribution in [2.24, 2.45) is 5.41 Å². The first-order valence-electron chi connectivity index (χ1n) is 6.27. The van der Waals surface area contributed by atoms with Gasteiger partial charge in [-0.3, -0.25) is 0 Å². The minimum absolute atomic E-state index is 0.0564. The van der Waals surface area contributed by atoms with Crippen molar-refractivity contribution < 1.29 is 13.5 Å². The van der Waals surface area contributed by atoms with Crippen LogP contribution in [0.1, 0.15) is 54.9 Å². The van der Waals surface area contributed by atoms with Crippen molar-refractivity contribution >= 4 is 10.0 Å². The molecular formula is C13H29NO3S. The van der Waals surface area contributed by atoms with Gasteiger partial charge in [0.05, 0.1) is 16.9 Å². The summed E-state index contributed by atoms with van der Waals surface area (Å²) in [6, 6.07) is 0. The number of sulfonamides is 1. The second kappa shape index (κ2) is 5.10. The average molecular weight is 279 g/mol. The van der Waals surface area contributed by atoms with Crippen LogP contribution in [0, 0.1) is 5.41 Å². The standard InChI is InChI=1S/C13H29NO3S/c1-11(2,3)9-13(7,10-15)14(8)18(16,17)12(4,5)6/h15H,9-10H2,1-8H3/t13-/m0/s1. The van der Waals surface area contributed by atoms with Gasteiger partial charge >= 0.3 is 0 Å². The maximum Gasteiger partial charge on any atom is 0.219 e. The van der Waals surface area contributed by atoms with E-state index in [1.807, 2.05) is 20.8 Å². The summed E-state index contributed by atoms with van der Waals surface area (Å²) in [6.07, 6.45) is 0.600. The van der Waals surface area contributed by atoms with Crippen LogP contribution < -0.4 is 0 Å². The molecule has 1 atom stereocenters. The minimum atomic E-state index is -3.45. The van der Waals surface area contributed by atoms with E-state index in [0.717, 1.165) is 0 Å². The van der Waals surface area contributed by atoms with Crippen LogP contribution in [-0.2, 0) is 10.0 Å². The molecule has 18 heavy (non-hydrogen) atoms. The highest BCUT2D eigenvalue weighted by Crippen LogP contribution is 2.34. The Morgan fingerprint density at radius 2 is 1.39 bits per heavy atom. The SMILES string of the molecule is CN([C@](C)(CO)CC(C)(C)C)S(=O)(=O)C(C)(C)C. The number of hydrogen-bond acceptors (Lipinski definition) is 3. The van der Waals surface area contributed by atoms with Gasteiger partial charge in [0, 0.05) is 7.05 Å². The van der Waals surface area contributed by atoms with E-state index in [4.69, 9.17) is 0 Å². The fourth-order valence-corrected chi connectivity index (χ4v) is 3.63. The van der Waals surface area contributed by atoms with Crippen LogP contribution in [0.5, 0.6) is 0 Å². The molecule has 0 heterocycles. The number of rotatable bonds is 4. The Kier molecular flexibility index (Phi) is 5.06. The molecule has 0 bridgehead atoms. The maximum atomic E-state index is 12.5. The van der Waals surface area contributed by atoms with E-state index in [1.165, 1.54) is 4.31 Å². The Morgan fingerprint density at radius 1 is 1.00 bits per heavy atom. The normalized spacial score (nSPS) is 17.9. The zero-order valence-electron chi connectivity index (χ0n) is 13.0. The number of likely N-dealkylation sites (N-methyl/N-ethyl adjacent to an activating group) is 1. The van der Waals surface area contributed by atoms with E-state index >= 15 is 0 Å². The van der Waals surface area contributed by atoms with Crippen LogP contribution in [0.4, 0.5) is 0 Å². The molecule has 5 heteroatoms. The molecule has 110 valence electrons. The van der Waals surface area contributed by atoms with Crippen LogP contribution in [0.2, 0.25) is 0 Å². The summed E-state index contributed by atoms with van der Waals surface area (Å²) in [6.45, 7) is 12.8. The summed E-state index contributed by atoms with van der Waals surface area (Å²) in [7, 11) is -1.89. The monoisotopic (exact) mass is 279 g/mol. The quantitative estimate of drug-likeness (QED) is 0.858. The molecule has 0 unspecified atom stereocenters. The van der Waals surface area contributed by atoms with Crippen LogP contribution in [0.25, 0.3) is 0 Å². The van der Waals surface area contributed by atoms with E-state index in [2.05, 4.69) is 0 Å². The van der Waals surface area contributed by atoms with Crippen LogP contribution in [-0.4, -0.2) is 41.8 Å². The highest BCUT2D eigenvalue weighted by molar-refractivity contribution is 7.90. The molecule has 1 N–H and O–H groups in total. The van der Waals surface area contributed by atoms with E-state index in [1.54, 1.807) is 34.7 Å². The van der Waals surface area contributed by atoms with E-state index in [-0.39, 0.29) is 12.0 Å². The molecule has 0 aromatic carbocycles. The average Bonchev–Trinajstić information content (AvgIpc) is 2.12. The zero-order valence-corrected chi connectivity index (χ0v) is 13.8. The summed E-state index contributed by atoms with van der Waals surface area (Å²) < 4.78 is 25.4. The minimum Gasteiger partial charge on any atom is -0.394 e. The molecule has 0 aliphatic heterocycles. The van der Waals surface area contributed by atoms with Crippen LogP contribution >= 0.6 is 0 Å². The van der Waals surface area contributed by atoms with Crippen molar-refractivity contribution in [3.05, 3.63) is 0 Å². The van der Waals surface area contributed by atoms with Crippen molar-refractivity contribution in [1.82, 2.24) is 4.31 Å². The molecule has 0 saturated carbocycles. The summed E-state index contributed by atoms with van der Waals surface area (Å²) in [4.78, 5) is 0. The second-order valence-electron chi connectivity index (χ2n) is 7.48. The maximum absolute atomic E-state index is 12.5. The Balaban J connectivity index is 5.46. The van der Waals surface area contributed by atoms with Gasteiger partial charge in [0.15, 0.2) is 0 Å². The van der Waals surface area contributed by atoms with Gasteiger partial charge in [0.1, 0.15) is 0 Å². The van der Waals surface area contributed by atoms with Crippen LogP contribution in [0.3, 0.4) is 0 Å². The van der Waals surface area contributed by atoms with E-state index < -0.39 is 20.3 Å². The molecule has 0 saturated heterocycles. The van der Waals surface area contributed by atoms with Crippen molar-refractivity contribution in [3.63, 3.8) is 0 Å². The molecule has 0 aromatic rings. The summed E-state index contributed by atoms with van der Waals surface area (Å²) >= 11 is 0. The fraction of sp³-hybridized carbons (Fsp3) is 1.00. The topological polar surface area (TPSA) is 57.6 Å². The summed E-state index contributed by atoms with van der Waals surface area (Å²) in [5, 5.41) is 9.64. The predicted octanol–water partition coefficient (Wildman–Crippen LogP) is 2.23. The largest absolute Gasteiger partial charge is 0.394 e. The summed E-state index contributed by atoms with van der Waals surface area (Å²) in [5.74, 6) is 0. The first kappa shape index (κ1) is 17.9. The molecule has 4 nitrogen and oxygen atoms in total. The highest BCUT2D eigenvalue weighted by atomic mass is 32.2. The third-order valence-electron chi connectivity index (χ3n) is 3.15. The highest BCUT2D eigenvalue weighted by Gasteiger charge is 2.44. The van der Waals surface area contributed by atoms with Crippen LogP contribution in [0.15, 0.2) is 0 Å². The van der Waals surface area contributed by atoms with Gasteiger partial charge in [-0.1, -0.05) is 20.8 Å². The Labute approximate surface area is 112 Å². The first-order chi connectivity index (χ1) is 7.67. The third-order valence-corrected chi connectivity index (χ3v) is 5.86. The van der Waals surface area contributed by atoms with Gasteiger partial charge in [-0.15, -0.1) is 0 Å². The molecule has 0 fully saturated rings. The molecule has 0 rings (SSSR count). The lowest BCUT2D eigenvalue weighted by molar-refractivity contribution is 0.0790. The van der Waals surface area contributed by atoms with Gasteiger partial charge in [-0.2, -0.15) is 4.31 Å². The molecule has 0 spiro atoms. The Morgan fingerprint density at radius 3 is 1.61 bits per heavy atom. The Hall–Kier alpha value is -0.130. The Bertz CT molecular complexity index is 376. The van der Waals surface area contributed by atoms with Gasteiger partial charge in [-0.05, 0) is 39.5 Å². The number of aliphatic hydroxyl groups is 1. The van der Waals surface area contributed by atoms with Crippen molar-refractivity contribution in [2.45, 2.75) is 65.2 Å². The van der Waals surface area contributed by atoms with Crippen molar-refractivity contribution in [2.75, 3.05) is 13.7 Å². The van der Waals surface area contributed by atoms with E-state index in [9.17, 15) is 13.5 Å².